The molecule has 96 valence electrons. The summed E-state index contributed by atoms with van der Waals surface area (Å²) in [4.78, 5) is 0. The lowest BCUT2D eigenvalue weighted by Crippen LogP contribution is -2.23. The van der Waals surface area contributed by atoms with Gasteiger partial charge in [-0.05, 0) is 38.1 Å². The van der Waals surface area contributed by atoms with E-state index in [2.05, 4.69) is 28.1 Å². The third kappa shape index (κ3) is 3.06. The van der Waals surface area contributed by atoms with Gasteiger partial charge in [-0.25, -0.2) is 4.68 Å². The topological polar surface area (TPSA) is 56.7 Å². The van der Waals surface area contributed by atoms with Crippen LogP contribution in [0.3, 0.4) is 0 Å². The minimum atomic E-state index is 0.577. The zero-order chi connectivity index (χ0) is 12.1. The van der Waals surface area contributed by atoms with Crippen molar-refractivity contribution in [3.05, 3.63) is 11.9 Å². The van der Waals surface area contributed by atoms with Crippen LogP contribution in [0.25, 0.3) is 0 Å². The monoisotopic (exact) mass is 236 g/mol. The second-order valence-electron chi connectivity index (χ2n) is 5.10. The van der Waals surface area contributed by atoms with Crippen molar-refractivity contribution in [3.63, 3.8) is 0 Å². The molecule has 2 N–H and O–H groups in total. The van der Waals surface area contributed by atoms with E-state index in [0.717, 1.165) is 31.0 Å². The molecule has 0 radical (unpaired) electrons. The molecule has 2 unspecified atom stereocenters. The molecule has 4 heteroatoms. The van der Waals surface area contributed by atoms with Crippen LogP contribution in [0.1, 0.15) is 57.2 Å². The quantitative estimate of drug-likeness (QED) is 0.853. The van der Waals surface area contributed by atoms with Gasteiger partial charge in [0.15, 0.2) is 0 Å². The molecule has 0 aromatic carbocycles. The summed E-state index contributed by atoms with van der Waals surface area (Å²) in [6.45, 7) is 3.02. The Morgan fingerprint density at radius 1 is 1.41 bits per heavy atom. The van der Waals surface area contributed by atoms with Gasteiger partial charge in [-0.3, -0.25) is 0 Å². The molecule has 0 saturated heterocycles. The number of hydrogen-bond donors (Lipinski definition) is 1. The molecule has 1 heterocycles. The van der Waals surface area contributed by atoms with Crippen LogP contribution < -0.4 is 5.73 Å². The van der Waals surface area contributed by atoms with E-state index in [4.69, 9.17) is 5.73 Å². The number of nitrogens with two attached hydrogens (primary N) is 1. The summed E-state index contributed by atoms with van der Waals surface area (Å²) in [5.74, 6) is 0.785. The molecule has 1 aliphatic rings. The van der Waals surface area contributed by atoms with Crippen LogP contribution in [0, 0.1) is 5.92 Å². The number of hydrogen-bond acceptors (Lipinski definition) is 3. The van der Waals surface area contributed by atoms with Crippen molar-refractivity contribution < 1.29 is 0 Å². The Morgan fingerprint density at radius 3 is 3.00 bits per heavy atom. The summed E-state index contributed by atoms with van der Waals surface area (Å²) in [6, 6.07) is 0.577. The van der Waals surface area contributed by atoms with E-state index in [9.17, 15) is 0 Å². The predicted molar refractivity (Wildman–Crippen MR) is 68.7 cm³/mol. The van der Waals surface area contributed by atoms with Crippen molar-refractivity contribution in [3.8, 4) is 0 Å². The van der Waals surface area contributed by atoms with Crippen LogP contribution in [0.2, 0.25) is 0 Å². The Hall–Kier alpha value is -0.900. The molecule has 0 aliphatic heterocycles. The average molecular weight is 236 g/mol. The molecule has 0 bridgehead atoms. The second-order valence-corrected chi connectivity index (χ2v) is 5.10. The zero-order valence-corrected chi connectivity index (χ0v) is 10.8. The van der Waals surface area contributed by atoms with E-state index >= 15 is 0 Å². The second kappa shape index (κ2) is 6.15. The molecular formula is C13H24N4. The highest BCUT2D eigenvalue weighted by Gasteiger charge is 2.25. The van der Waals surface area contributed by atoms with Crippen LogP contribution in [0.15, 0.2) is 6.20 Å². The first-order valence-corrected chi connectivity index (χ1v) is 6.96. The van der Waals surface area contributed by atoms with Crippen LogP contribution in [0.5, 0.6) is 0 Å². The first-order valence-electron chi connectivity index (χ1n) is 6.96. The highest BCUT2D eigenvalue weighted by atomic mass is 15.4. The van der Waals surface area contributed by atoms with Gasteiger partial charge in [-0.15, -0.1) is 5.10 Å². The highest BCUT2D eigenvalue weighted by Crippen LogP contribution is 2.35. The van der Waals surface area contributed by atoms with Gasteiger partial charge >= 0.3 is 0 Å². The molecule has 1 aromatic rings. The lowest BCUT2D eigenvalue weighted by molar-refractivity contribution is 0.214. The maximum absolute atomic E-state index is 5.51. The van der Waals surface area contributed by atoms with Crippen molar-refractivity contribution in [2.75, 3.05) is 6.54 Å². The molecule has 2 rings (SSSR count). The predicted octanol–water partition coefficient (Wildman–Crippen LogP) is 2.31. The molecule has 0 spiro atoms. The summed E-state index contributed by atoms with van der Waals surface area (Å²) in [5.41, 5.74) is 6.61. The van der Waals surface area contributed by atoms with Crippen LogP contribution in [-0.2, 0) is 6.42 Å². The summed E-state index contributed by atoms with van der Waals surface area (Å²) in [5, 5.41) is 8.57. The Balaban J connectivity index is 2.02. The van der Waals surface area contributed by atoms with Crippen molar-refractivity contribution in [2.45, 2.75) is 57.9 Å². The smallest absolute Gasteiger partial charge is 0.0827 e. The van der Waals surface area contributed by atoms with E-state index in [1.165, 1.54) is 32.1 Å². The minimum Gasteiger partial charge on any atom is -0.330 e. The van der Waals surface area contributed by atoms with Gasteiger partial charge in [0.25, 0.3) is 0 Å². The fraction of sp³-hybridized carbons (Fsp3) is 0.846. The number of nitrogens with zero attached hydrogens (tertiary/aromatic N) is 3. The lowest BCUT2D eigenvalue weighted by Gasteiger charge is -2.30. The molecule has 17 heavy (non-hydrogen) atoms. The van der Waals surface area contributed by atoms with Gasteiger partial charge in [-0.2, -0.15) is 0 Å². The summed E-state index contributed by atoms with van der Waals surface area (Å²) in [6.07, 6.45) is 10.7. The number of aryl methyl sites for hydroxylation is 1. The Kier molecular flexibility index (Phi) is 4.54. The van der Waals surface area contributed by atoms with Crippen molar-refractivity contribution >= 4 is 0 Å². The number of rotatable bonds is 5. The maximum atomic E-state index is 5.51. The van der Waals surface area contributed by atoms with Crippen LogP contribution in [0.4, 0.5) is 0 Å². The highest BCUT2D eigenvalue weighted by molar-refractivity contribution is 4.95. The standard InChI is InChI=1S/C13H24N4/c1-2-11-6-3-4-8-13(11)17-10-12(15-16-17)7-5-9-14/h10-11,13H,2-9,14H2,1H3. The zero-order valence-electron chi connectivity index (χ0n) is 10.8. The first kappa shape index (κ1) is 12.6. The van der Waals surface area contributed by atoms with E-state index in [0.29, 0.717) is 6.04 Å². The SMILES string of the molecule is CCC1CCCCC1n1cc(CCCN)nn1. The van der Waals surface area contributed by atoms with Crippen LogP contribution in [-0.4, -0.2) is 21.5 Å². The summed E-state index contributed by atoms with van der Waals surface area (Å²) in [7, 11) is 0. The molecule has 1 fully saturated rings. The maximum Gasteiger partial charge on any atom is 0.0827 e. The largest absolute Gasteiger partial charge is 0.330 e. The lowest BCUT2D eigenvalue weighted by atomic mass is 9.83. The average Bonchev–Trinajstić information content (AvgIpc) is 2.85. The molecule has 1 aliphatic carbocycles. The van der Waals surface area contributed by atoms with Gasteiger partial charge in [0, 0.05) is 6.20 Å². The molecular weight excluding hydrogens is 212 g/mol. The van der Waals surface area contributed by atoms with Crippen molar-refractivity contribution in [1.29, 1.82) is 0 Å². The molecule has 1 saturated carbocycles. The fourth-order valence-electron chi connectivity index (χ4n) is 2.89. The molecule has 4 nitrogen and oxygen atoms in total. The van der Waals surface area contributed by atoms with Gasteiger partial charge in [0.05, 0.1) is 11.7 Å². The molecule has 2 atom stereocenters. The Labute approximate surface area is 104 Å². The van der Waals surface area contributed by atoms with Gasteiger partial charge in [0.2, 0.25) is 0 Å². The molecule has 1 aromatic heterocycles. The summed E-state index contributed by atoms with van der Waals surface area (Å²) < 4.78 is 2.11. The minimum absolute atomic E-state index is 0.577. The van der Waals surface area contributed by atoms with E-state index in [1.807, 2.05) is 0 Å². The van der Waals surface area contributed by atoms with Crippen LogP contribution >= 0.6 is 0 Å². The normalized spacial score (nSPS) is 25.1. The fourth-order valence-corrected chi connectivity index (χ4v) is 2.89. The Bertz CT molecular complexity index is 334. The molecule has 0 amide bonds. The van der Waals surface area contributed by atoms with E-state index < -0.39 is 0 Å². The van der Waals surface area contributed by atoms with Gasteiger partial charge < -0.3 is 5.73 Å². The third-order valence-electron chi connectivity index (χ3n) is 3.93. The number of aromatic nitrogens is 3. The first-order chi connectivity index (χ1) is 8.35. The third-order valence-corrected chi connectivity index (χ3v) is 3.93. The van der Waals surface area contributed by atoms with E-state index in [1.54, 1.807) is 0 Å². The van der Waals surface area contributed by atoms with Gasteiger partial charge in [0.1, 0.15) is 0 Å². The van der Waals surface area contributed by atoms with E-state index in [-0.39, 0.29) is 0 Å². The van der Waals surface area contributed by atoms with Gasteiger partial charge in [-0.1, -0.05) is 31.4 Å². The van der Waals surface area contributed by atoms with Crippen molar-refractivity contribution in [1.82, 2.24) is 15.0 Å². The Morgan fingerprint density at radius 2 is 2.24 bits per heavy atom. The summed E-state index contributed by atoms with van der Waals surface area (Å²) >= 11 is 0. The van der Waals surface area contributed by atoms with Crippen molar-refractivity contribution in [2.24, 2.45) is 11.7 Å².